The third-order valence-electron chi connectivity index (χ3n) is 5.07. The van der Waals surface area contributed by atoms with Crippen molar-refractivity contribution in [3.05, 3.63) is 64.7 Å². The molecule has 5 nitrogen and oxygen atoms in total. The summed E-state index contributed by atoms with van der Waals surface area (Å²) in [6, 6.07) is 10.4. The summed E-state index contributed by atoms with van der Waals surface area (Å²) in [7, 11) is 0. The van der Waals surface area contributed by atoms with Gasteiger partial charge in [0.1, 0.15) is 11.4 Å². The highest BCUT2D eigenvalue weighted by Gasteiger charge is 2.32. The molecule has 158 valence electrons. The van der Waals surface area contributed by atoms with Crippen molar-refractivity contribution in [2.45, 2.75) is 37.8 Å². The van der Waals surface area contributed by atoms with Gasteiger partial charge in [-0.2, -0.15) is 0 Å². The molecule has 0 unspecified atom stereocenters. The van der Waals surface area contributed by atoms with Crippen LogP contribution >= 0.6 is 11.6 Å². The minimum Gasteiger partial charge on any atom is -0.322 e. The molecular weight excluding hydrogens is 412 g/mol. The van der Waals surface area contributed by atoms with Gasteiger partial charge < -0.3 is 5.32 Å². The summed E-state index contributed by atoms with van der Waals surface area (Å²) in [6.45, 7) is -0.161. The number of nitrogens with zero attached hydrogens (tertiary/aromatic N) is 1. The average Bonchev–Trinajstić information content (AvgIpc) is 2.75. The molecule has 2 aromatic carbocycles. The standard InChI is InChI=1S/C22H22ClF2N3O2/c23-16-9-7-15(8-10-16)19(14-29)28-22(11-2-1-3-12-22)26-13-20(30)27-18-6-4-5-17(24)21(18)25/h4-10,14,26H,1-3,11-13H2,(H,27,30). The molecule has 0 saturated heterocycles. The van der Waals surface area contributed by atoms with Gasteiger partial charge in [0.2, 0.25) is 5.91 Å². The number of carbonyl (C=O) groups excluding carboxylic acids is 2. The van der Waals surface area contributed by atoms with Gasteiger partial charge in [-0.3, -0.25) is 19.9 Å². The molecule has 1 aliphatic carbocycles. The molecule has 3 rings (SSSR count). The highest BCUT2D eigenvalue weighted by atomic mass is 35.5. The molecule has 2 aromatic rings. The molecule has 1 amide bonds. The maximum absolute atomic E-state index is 13.8. The first-order chi connectivity index (χ1) is 14.4. The SMILES string of the molecule is O=CC(=NC1(NCC(=O)Nc2cccc(F)c2F)CCCCC1)c1ccc(Cl)cc1. The summed E-state index contributed by atoms with van der Waals surface area (Å²) in [6.07, 6.45) is 4.81. The first-order valence-corrected chi connectivity index (χ1v) is 10.1. The molecule has 0 radical (unpaired) electrons. The lowest BCUT2D eigenvalue weighted by Crippen LogP contribution is -2.49. The van der Waals surface area contributed by atoms with Gasteiger partial charge in [-0.15, -0.1) is 0 Å². The van der Waals surface area contributed by atoms with E-state index >= 15 is 0 Å². The Morgan fingerprint density at radius 1 is 1.10 bits per heavy atom. The molecule has 30 heavy (non-hydrogen) atoms. The van der Waals surface area contributed by atoms with Crippen molar-refractivity contribution in [3.8, 4) is 0 Å². The number of hydrogen-bond acceptors (Lipinski definition) is 4. The number of amides is 1. The van der Waals surface area contributed by atoms with Gasteiger partial charge in [0.15, 0.2) is 17.9 Å². The van der Waals surface area contributed by atoms with Gasteiger partial charge >= 0.3 is 0 Å². The van der Waals surface area contributed by atoms with Gasteiger partial charge in [-0.25, -0.2) is 8.78 Å². The predicted octanol–water partition coefficient (Wildman–Crippen LogP) is 4.49. The van der Waals surface area contributed by atoms with Crippen molar-refractivity contribution >= 4 is 35.2 Å². The molecule has 8 heteroatoms. The van der Waals surface area contributed by atoms with Crippen molar-refractivity contribution in [1.29, 1.82) is 0 Å². The van der Waals surface area contributed by atoms with E-state index < -0.39 is 23.2 Å². The molecule has 0 heterocycles. The van der Waals surface area contributed by atoms with E-state index in [1.54, 1.807) is 24.3 Å². The van der Waals surface area contributed by atoms with Crippen LogP contribution in [0, 0.1) is 11.6 Å². The second-order valence-corrected chi connectivity index (χ2v) is 7.65. The Morgan fingerprint density at radius 3 is 2.47 bits per heavy atom. The predicted molar refractivity (Wildman–Crippen MR) is 113 cm³/mol. The van der Waals surface area contributed by atoms with E-state index in [4.69, 9.17) is 11.6 Å². The molecule has 2 N–H and O–H groups in total. The molecule has 0 aromatic heterocycles. The normalized spacial score (nSPS) is 16.2. The topological polar surface area (TPSA) is 70.6 Å². The Labute approximate surface area is 178 Å². The van der Waals surface area contributed by atoms with Crippen LogP contribution in [-0.4, -0.2) is 30.1 Å². The third-order valence-corrected chi connectivity index (χ3v) is 5.32. The van der Waals surface area contributed by atoms with Crippen LogP contribution < -0.4 is 10.6 Å². The van der Waals surface area contributed by atoms with Crippen LogP contribution in [0.15, 0.2) is 47.5 Å². The van der Waals surface area contributed by atoms with Crippen molar-refractivity contribution in [3.63, 3.8) is 0 Å². The molecule has 0 spiro atoms. The number of halogens is 3. The van der Waals surface area contributed by atoms with Crippen LogP contribution in [0.2, 0.25) is 5.02 Å². The van der Waals surface area contributed by atoms with E-state index in [2.05, 4.69) is 15.6 Å². The fraction of sp³-hybridized carbons (Fsp3) is 0.318. The average molecular weight is 434 g/mol. The van der Waals surface area contributed by atoms with Gasteiger partial charge in [0, 0.05) is 10.6 Å². The Hall–Kier alpha value is -2.64. The van der Waals surface area contributed by atoms with E-state index in [1.165, 1.54) is 12.1 Å². The Bertz CT molecular complexity index is 942. The van der Waals surface area contributed by atoms with Gasteiger partial charge in [-0.05, 0) is 49.9 Å². The van der Waals surface area contributed by atoms with Crippen molar-refractivity contribution < 1.29 is 18.4 Å². The van der Waals surface area contributed by atoms with Crippen molar-refractivity contribution in [1.82, 2.24) is 5.32 Å². The van der Waals surface area contributed by atoms with Crippen LogP contribution in [0.25, 0.3) is 0 Å². The van der Waals surface area contributed by atoms with Gasteiger partial charge in [0.25, 0.3) is 0 Å². The smallest absolute Gasteiger partial charge is 0.238 e. The van der Waals surface area contributed by atoms with Gasteiger partial charge in [0.05, 0.1) is 12.2 Å². The van der Waals surface area contributed by atoms with Gasteiger partial charge in [-0.1, -0.05) is 36.2 Å². The first kappa shape index (κ1) is 22.1. The van der Waals surface area contributed by atoms with Crippen molar-refractivity contribution in [2.75, 3.05) is 11.9 Å². The summed E-state index contributed by atoms with van der Waals surface area (Å²) in [5.74, 6) is -2.67. The fourth-order valence-electron chi connectivity index (χ4n) is 3.51. The van der Waals surface area contributed by atoms with E-state index in [0.29, 0.717) is 29.7 Å². The summed E-state index contributed by atoms with van der Waals surface area (Å²) in [4.78, 5) is 28.7. The van der Waals surface area contributed by atoms with E-state index in [0.717, 1.165) is 25.3 Å². The van der Waals surface area contributed by atoms with Crippen LogP contribution in [0.4, 0.5) is 14.5 Å². The fourth-order valence-corrected chi connectivity index (χ4v) is 3.64. The summed E-state index contributed by atoms with van der Waals surface area (Å²) < 4.78 is 27.1. The van der Waals surface area contributed by atoms with E-state index in [9.17, 15) is 18.4 Å². The zero-order valence-electron chi connectivity index (χ0n) is 16.3. The second-order valence-electron chi connectivity index (χ2n) is 7.22. The summed E-state index contributed by atoms with van der Waals surface area (Å²) in [5.41, 5.74) is -0.116. The van der Waals surface area contributed by atoms with E-state index in [-0.39, 0.29) is 17.9 Å². The molecule has 0 atom stereocenters. The number of anilines is 1. The summed E-state index contributed by atoms with van der Waals surface area (Å²) in [5, 5.41) is 6.05. The maximum atomic E-state index is 13.8. The largest absolute Gasteiger partial charge is 0.322 e. The summed E-state index contributed by atoms with van der Waals surface area (Å²) >= 11 is 5.92. The van der Waals surface area contributed by atoms with E-state index in [1.807, 2.05) is 0 Å². The first-order valence-electron chi connectivity index (χ1n) is 9.72. The molecule has 0 bridgehead atoms. The van der Waals surface area contributed by atoms with Crippen LogP contribution in [0.1, 0.15) is 37.7 Å². The van der Waals surface area contributed by atoms with Crippen LogP contribution in [0.5, 0.6) is 0 Å². The third kappa shape index (κ3) is 5.49. The van der Waals surface area contributed by atoms with Crippen LogP contribution in [-0.2, 0) is 9.59 Å². The minimum atomic E-state index is -1.11. The van der Waals surface area contributed by atoms with Crippen LogP contribution in [0.3, 0.4) is 0 Å². The minimum absolute atomic E-state index is 0.161. The lowest BCUT2D eigenvalue weighted by Gasteiger charge is -2.35. The Balaban J connectivity index is 1.76. The quantitative estimate of drug-likeness (QED) is 0.499. The zero-order valence-corrected chi connectivity index (χ0v) is 17.0. The Kier molecular flexibility index (Phi) is 7.29. The molecule has 1 saturated carbocycles. The van der Waals surface area contributed by atoms with Crippen molar-refractivity contribution in [2.24, 2.45) is 4.99 Å². The molecule has 1 aliphatic rings. The highest BCUT2D eigenvalue weighted by Crippen LogP contribution is 2.30. The zero-order chi connectivity index (χ0) is 21.6. The number of carbonyl (C=O) groups is 2. The molecular formula is C22H22ClF2N3O2. The number of hydrogen-bond donors (Lipinski definition) is 2. The lowest BCUT2D eigenvalue weighted by atomic mass is 9.89. The number of rotatable bonds is 7. The number of aliphatic imine (C=N–C) groups is 1. The monoisotopic (exact) mass is 433 g/mol. The lowest BCUT2D eigenvalue weighted by molar-refractivity contribution is -0.115. The second kappa shape index (κ2) is 9.91. The maximum Gasteiger partial charge on any atom is 0.238 e. The highest BCUT2D eigenvalue weighted by molar-refractivity contribution is 6.36. The number of aldehydes is 1. The number of nitrogens with one attached hydrogen (secondary N) is 2. The molecule has 1 fully saturated rings. The number of benzene rings is 2. The Morgan fingerprint density at radius 2 is 1.80 bits per heavy atom. The molecule has 0 aliphatic heterocycles.